The van der Waals surface area contributed by atoms with E-state index in [-0.39, 0.29) is 29.4 Å². The molecule has 5 nitrogen and oxygen atoms in total. The summed E-state index contributed by atoms with van der Waals surface area (Å²) in [6, 6.07) is 16.8. The van der Waals surface area contributed by atoms with Crippen molar-refractivity contribution in [2.45, 2.75) is 31.6 Å². The van der Waals surface area contributed by atoms with E-state index in [1.165, 1.54) is 24.3 Å². The van der Waals surface area contributed by atoms with Gasteiger partial charge in [0.25, 0.3) is 0 Å². The summed E-state index contributed by atoms with van der Waals surface area (Å²) in [6.45, 7) is 1.30. The molecule has 0 radical (unpaired) electrons. The molecule has 1 fully saturated rings. The number of aryl methyl sites for hydroxylation is 1. The van der Waals surface area contributed by atoms with Crippen LogP contribution in [0.2, 0.25) is 0 Å². The van der Waals surface area contributed by atoms with E-state index >= 15 is 0 Å². The van der Waals surface area contributed by atoms with Crippen molar-refractivity contribution in [1.29, 1.82) is 0 Å². The van der Waals surface area contributed by atoms with E-state index in [0.29, 0.717) is 43.2 Å². The summed E-state index contributed by atoms with van der Waals surface area (Å²) >= 11 is 0. The number of ether oxygens (including phenoxy) is 3. The molecule has 0 unspecified atom stereocenters. The van der Waals surface area contributed by atoms with Crippen LogP contribution in [0.4, 0.5) is 8.78 Å². The Labute approximate surface area is 217 Å². The van der Waals surface area contributed by atoms with Gasteiger partial charge in [-0.05, 0) is 78.3 Å². The van der Waals surface area contributed by atoms with Gasteiger partial charge in [-0.2, -0.15) is 0 Å². The molecular formula is C30H33F2NO4. The van der Waals surface area contributed by atoms with Gasteiger partial charge in [0.05, 0.1) is 21.3 Å². The molecule has 3 aromatic rings. The summed E-state index contributed by atoms with van der Waals surface area (Å²) < 4.78 is 43.4. The molecule has 0 aromatic heterocycles. The maximum atomic E-state index is 13.6. The van der Waals surface area contributed by atoms with Crippen molar-refractivity contribution >= 4 is 5.91 Å². The maximum absolute atomic E-state index is 13.6. The maximum Gasteiger partial charge on any atom is 0.222 e. The second kappa shape index (κ2) is 12.1. The van der Waals surface area contributed by atoms with Crippen molar-refractivity contribution in [1.82, 2.24) is 4.90 Å². The van der Waals surface area contributed by atoms with Gasteiger partial charge in [-0.25, -0.2) is 8.78 Å². The van der Waals surface area contributed by atoms with Gasteiger partial charge in [-0.1, -0.05) is 24.3 Å². The predicted octanol–water partition coefficient (Wildman–Crippen LogP) is 5.99. The molecule has 3 aromatic carbocycles. The number of hydrogen-bond acceptors (Lipinski definition) is 4. The van der Waals surface area contributed by atoms with Gasteiger partial charge in [-0.15, -0.1) is 0 Å². The average molecular weight is 510 g/mol. The van der Waals surface area contributed by atoms with Gasteiger partial charge in [0.15, 0.2) is 11.5 Å². The molecule has 1 saturated heterocycles. The minimum Gasteiger partial charge on any atom is -0.493 e. The third-order valence-electron chi connectivity index (χ3n) is 7.17. The SMILES string of the molecule is COc1cc(CCC(=O)N2CCC(C(c3ccc(F)cc3)c3ccc(F)cc3)CC2)cc(OC)c1OC. The number of rotatable bonds is 9. The number of carbonyl (C=O) groups is 1. The normalized spacial score (nSPS) is 14.1. The topological polar surface area (TPSA) is 48.0 Å². The van der Waals surface area contributed by atoms with E-state index in [2.05, 4.69) is 0 Å². The fraction of sp³-hybridized carbons (Fsp3) is 0.367. The van der Waals surface area contributed by atoms with Crippen molar-refractivity contribution in [2.75, 3.05) is 34.4 Å². The number of methoxy groups -OCH3 is 3. The highest BCUT2D eigenvalue weighted by atomic mass is 19.1. The van der Waals surface area contributed by atoms with Crippen LogP contribution in [-0.4, -0.2) is 45.2 Å². The minimum absolute atomic E-state index is 0.0117. The van der Waals surface area contributed by atoms with Crippen molar-refractivity contribution in [3.05, 3.63) is 89.0 Å². The highest BCUT2D eigenvalue weighted by molar-refractivity contribution is 5.76. The first-order valence-electron chi connectivity index (χ1n) is 12.5. The van der Waals surface area contributed by atoms with Crippen LogP contribution in [0.1, 0.15) is 41.9 Å². The minimum atomic E-state index is -0.283. The van der Waals surface area contributed by atoms with Gasteiger partial charge >= 0.3 is 0 Å². The summed E-state index contributed by atoms with van der Waals surface area (Å²) in [5.41, 5.74) is 2.94. The Hall–Kier alpha value is -3.61. The van der Waals surface area contributed by atoms with E-state index in [0.717, 1.165) is 29.5 Å². The summed E-state index contributed by atoms with van der Waals surface area (Å²) in [7, 11) is 4.70. The first-order chi connectivity index (χ1) is 17.9. The van der Waals surface area contributed by atoms with E-state index in [9.17, 15) is 13.6 Å². The summed E-state index contributed by atoms with van der Waals surface area (Å²) in [6.07, 6.45) is 2.57. The molecule has 0 atom stereocenters. The second-order valence-corrected chi connectivity index (χ2v) is 9.33. The number of likely N-dealkylation sites (tertiary alicyclic amines) is 1. The van der Waals surface area contributed by atoms with Crippen molar-refractivity contribution in [3.8, 4) is 17.2 Å². The smallest absolute Gasteiger partial charge is 0.222 e. The lowest BCUT2D eigenvalue weighted by molar-refractivity contribution is -0.132. The molecule has 196 valence electrons. The Morgan fingerprint density at radius 3 is 1.76 bits per heavy atom. The molecular weight excluding hydrogens is 476 g/mol. The Kier molecular flexibility index (Phi) is 8.64. The van der Waals surface area contributed by atoms with E-state index in [1.807, 2.05) is 17.0 Å². The molecule has 1 heterocycles. The Bertz CT molecular complexity index is 1120. The zero-order valence-electron chi connectivity index (χ0n) is 21.5. The van der Waals surface area contributed by atoms with Crippen LogP contribution < -0.4 is 14.2 Å². The molecule has 0 saturated carbocycles. The number of halogens is 2. The molecule has 37 heavy (non-hydrogen) atoms. The van der Waals surface area contributed by atoms with Crippen LogP contribution in [0.15, 0.2) is 60.7 Å². The van der Waals surface area contributed by atoms with Crippen LogP contribution in [-0.2, 0) is 11.2 Å². The summed E-state index contributed by atoms with van der Waals surface area (Å²) in [5, 5.41) is 0. The Balaban J connectivity index is 1.41. The molecule has 0 spiro atoms. The third-order valence-corrected chi connectivity index (χ3v) is 7.17. The number of piperidine rings is 1. The van der Waals surface area contributed by atoms with E-state index < -0.39 is 0 Å². The zero-order chi connectivity index (χ0) is 26.4. The third kappa shape index (κ3) is 6.21. The van der Waals surface area contributed by atoms with Crippen LogP contribution in [0.3, 0.4) is 0 Å². The standard InChI is InChI=1S/C30H33F2NO4/c1-35-26-18-20(19-27(36-2)30(26)37-3)4-13-28(34)33-16-14-23(15-17-33)29(21-5-9-24(31)10-6-21)22-7-11-25(32)12-8-22/h5-12,18-19,23,29H,4,13-17H2,1-3H3. The van der Waals surface area contributed by atoms with Crippen LogP contribution in [0, 0.1) is 17.6 Å². The molecule has 1 aliphatic rings. The Morgan fingerprint density at radius 2 is 1.32 bits per heavy atom. The Morgan fingerprint density at radius 1 is 0.838 bits per heavy atom. The van der Waals surface area contributed by atoms with Crippen LogP contribution in [0.25, 0.3) is 0 Å². The van der Waals surface area contributed by atoms with Gasteiger partial charge in [-0.3, -0.25) is 4.79 Å². The summed E-state index contributed by atoms with van der Waals surface area (Å²) in [5.74, 6) is 1.47. The molecule has 7 heteroatoms. The first kappa shape index (κ1) is 26.5. The largest absolute Gasteiger partial charge is 0.493 e. The first-order valence-corrected chi connectivity index (χ1v) is 12.5. The molecule has 0 aliphatic carbocycles. The van der Waals surface area contributed by atoms with Gasteiger partial charge in [0.2, 0.25) is 11.7 Å². The quantitative estimate of drug-likeness (QED) is 0.355. The fourth-order valence-corrected chi connectivity index (χ4v) is 5.25. The molecule has 1 aliphatic heterocycles. The highest BCUT2D eigenvalue weighted by Crippen LogP contribution is 2.40. The number of hydrogen-bond donors (Lipinski definition) is 0. The fourth-order valence-electron chi connectivity index (χ4n) is 5.25. The predicted molar refractivity (Wildman–Crippen MR) is 138 cm³/mol. The molecule has 0 N–H and O–H groups in total. The monoisotopic (exact) mass is 509 g/mol. The average Bonchev–Trinajstić information content (AvgIpc) is 2.93. The molecule has 4 rings (SSSR count). The lowest BCUT2D eigenvalue weighted by Crippen LogP contribution is -2.40. The zero-order valence-corrected chi connectivity index (χ0v) is 21.5. The molecule has 0 bridgehead atoms. The second-order valence-electron chi connectivity index (χ2n) is 9.33. The van der Waals surface area contributed by atoms with Gasteiger partial charge < -0.3 is 19.1 Å². The van der Waals surface area contributed by atoms with Crippen LogP contribution in [0.5, 0.6) is 17.2 Å². The van der Waals surface area contributed by atoms with Crippen LogP contribution >= 0.6 is 0 Å². The number of nitrogens with zero attached hydrogens (tertiary/aromatic N) is 1. The van der Waals surface area contributed by atoms with Crippen molar-refractivity contribution < 1.29 is 27.8 Å². The number of benzene rings is 3. The van der Waals surface area contributed by atoms with Crippen molar-refractivity contribution in [3.63, 3.8) is 0 Å². The number of carbonyl (C=O) groups excluding carboxylic acids is 1. The highest BCUT2D eigenvalue weighted by Gasteiger charge is 2.30. The lowest BCUT2D eigenvalue weighted by atomic mass is 9.76. The van der Waals surface area contributed by atoms with Gasteiger partial charge in [0.1, 0.15) is 11.6 Å². The van der Waals surface area contributed by atoms with E-state index in [4.69, 9.17) is 14.2 Å². The lowest BCUT2D eigenvalue weighted by Gasteiger charge is -2.37. The van der Waals surface area contributed by atoms with E-state index in [1.54, 1.807) is 45.6 Å². The van der Waals surface area contributed by atoms with Gasteiger partial charge in [0, 0.05) is 25.4 Å². The molecule has 1 amide bonds. The van der Waals surface area contributed by atoms with Crippen molar-refractivity contribution in [2.24, 2.45) is 5.92 Å². The number of amides is 1. The summed E-state index contributed by atoms with van der Waals surface area (Å²) in [4.78, 5) is 15.0.